The number of carbonyl (C=O) groups is 2. The Morgan fingerprint density at radius 3 is 2.76 bits per heavy atom. The molecule has 1 aromatic carbocycles. The molecule has 1 aromatic rings. The van der Waals surface area contributed by atoms with Gasteiger partial charge in [0.2, 0.25) is 0 Å². The molecule has 0 aromatic heterocycles. The van der Waals surface area contributed by atoms with Gasteiger partial charge in [0.1, 0.15) is 4.32 Å². The van der Waals surface area contributed by atoms with Crippen molar-refractivity contribution in [2.75, 3.05) is 34.0 Å². The van der Waals surface area contributed by atoms with Gasteiger partial charge in [-0.2, -0.15) is 0 Å². The van der Waals surface area contributed by atoms with Crippen LogP contribution in [-0.4, -0.2) is 60.2 Å². The van der Waals surface area contributed by atoms with E-state index < -0.39 is 12.6 Å². The molecule has 7 nitrogen and oxygen atoms in total. The third kappa shape index (κ3) is 4.94. The molecule has 0 saturated carbocycles. The number of rotatable bonds is 8. The molecule has 1 amide bonds. The molecule has 1 aliphatic heterocycles. The van der Waals surface area contributed by atoms with E-state index in [1.807, 2.05) is 0 Å². The van der Waals surface area contributed by atoms with Gasteiger partial charge in [-0.3, -0.25) is 9.69 Å². The largest absolute Gasteiger partial charge is 0.493 e. The van der Waals surface area contributed by atoms with Crippen molar-refractivity contribution in [2.45, 2.75) is 0 Å². The van der Waals surface area contributed by atoms with E-state index in [0.29, 0.717) is 39.4 Å². The van der Waals surface area contributed by atoms with Gasteiger partial charge in [0.15, 0.2) is 18.1 Å². The summed E-state index contributed by atoms with van der Waals surface area (Å²) in [7, 11) is 3.02. The van der Waals surface area contributed by atoms with Gasteiger partial charge in [-0.15, -0.1) is 0 Å². The first-order valence-corrected chi connectivity index (χ1v) is 8.45. The lowest BCUT2D eigenvalue weighted by Gasteiger charge is -2.13. The van der Waals surface area contributed by atoms with Crippen molar-refractivity contribution in [3.63, 3.8) is 0 Å². The summed E-state index contributed by atoms with van der Waals surface area (Å²) in [6.45, 7) is 0.348. The standard InChI is InChI=1S/C16H17NO6S2/c1-21-6-5-17-15(20)13(25-16(17)24)8-10-3-4-11(12(7-10)22-2)23-9-14(18)19/h3-4,7-8H,5-6,9H2,1-2H3,(H,18,19)/b13-8-. The van der Waals surface area contributed by atoms with E-state index in [1.165, 1.54) is 23.8 Å². The van der Waals surface area contributed by atoms with Crippen LogP contribution in [0.2, 0.25) is 0 Å². The van der Waals surface area contributed by atoms with Gasteiger partial charge >= 0.3 is 5.97 Å². The predicted octanol–water partition coefficient (Wildman–Crippen LogP) is 2.01. The van der Waals surface area contributed by atoms with Gasteiger partial charge in [0.25, 0.3) is 5.91 Å². The average Bonchev–Trinajstić information content (AvgIpc) is 2.85. The van der Waals surface area contributed by atoms with Crippen molar-refractivity contribution < 1.29 is 28.9 Å². The summed E-state index contributed by atoms with van der Waals surface area (Å²) in [6, 6.07) is 4.97. The molecular formula is C16H17NO6S2. The lowest BCUT2D eigenvalue weighted by molar-refractivity contribution is -0.139. The lowest BCUT2D eigenvalue weighted by Crippen LogP contribution is -2.31. The summed E-state index contributed by atoms with van der Waals surface area (Å²) < 4.78 is 15.8. The van der Waals surface area contributed by atoms with Crippen LogP contribution in [0.4, 0.5) is 0 Å². The highest BCUT2D eigenvalue weighted by Gasteiger charge is 2.31. The van der Waals surface area contributed by atoms with Crippen LogP contribution in [0.5, 0.6) is 11.5 Å². The molecule has 0 aliphatic carbocycles. The second-order valence-corrected chi connectivity index (χ2v) is 6.59. The van der Waals surface area contributed by atoms with Crippen LogP contribution < -0.4 is 9.47 Å². The first-order valence-electron chi connectivity index (χ1n) is 7.23. The fourth-order valence-electron chi connectivity index (χ4n) is 2.06. The summed E-state index contributed by atoms with van der Waals surface area (Å²) in [5.41, 5.74) is 0.715. The summed E-state index contributed by atoms with van der Waals surface area (Å²) in [5.74, 6) is -0.553. The Hall–Kier alpha value is -2.10. The molecule has 25 heavy (non-hydrogen) atoms. The molecule has 0 unspecified atom stereocenters. The molecule has 0 atom stereocenters. The minimum atomic E-state index is -1.08. The summed E-state index contributed by atoms with van der Waals surface area (Å²) in [6.07, 6.45) is 1.70. The molecule has 1 N–H and O–H groups in total. The first-order chi connectivity index (χ1) is 12.0. The van der Waals surface area contributed by atoms with Crippen LogP contribution in [-0.2, 0) is 14.3 Å². The second-order valence-electron chi connectivity index (χ2n) is 4.92. The summed E-state index contributed by atoms with van der Waals surface area (Å²) >= 11 is 6.45. The first kappa shape index (κ1) is 19.2. The fourth-order valence-corrected chi connectivity index (χ4v) is 3.37. The third-order valence-corrected chi connectivity index (χ3v) is 4.61. The molecule has 1 saturated heterocycles. The van der Waals surface area contributed by atoms with E-state index in [2.05, 4.69) is 0 Å². The highest BCUT2D eigenvalue weighted by Crippen LogP contribution is 2.34. The Labute approximate surface area is 154 Å². The van der Waals surface area contributed by atoms with Crippen molar-refractivity contribution in [1.29, 1.82) is 0 Å². The summed E-state index contributed by atoms with van der Waals surface area (Å²) in [4.78, 5) is 25.0. The zero-order valence-electron chi connectivity index (χ0n) is 13.7. The molecule has 2 rings (SSSR count). The number of thioether (sulfide) groups is 1. The Bertz CT molecular complexity index is 719. The maximum atomic E-state index is 12.4. The number of hydrogen-bond donors (Lipinski definition) is 1. The maximum Gasteiger partial charge on any atom is 0.341 e. The molecule has 9 heteroatoms. The number of nitrogens with zero attached hydrogens (tertiary/aromatic N) is 1. The highest BCUT2D eigenvalue weighted by atomic mass is 32.2. The number of amides is 1. The van der Waals surface area contributed by atoms with Crippen LogP contribution >= 0.6 is 24.0 Å². The van der Waals surface area contributed by atoms with Gasteiger partial charge in [0, 0.05) is 7.11 Å². The number of carbonyl (C=O) groups excluding carboxylic acids is 1. The smallest absolute Gasteiger partial charge is 0.341 e. The maximum absolute atomic E-state index is 12.4. The predicted molar refractivity (Wildman–Crippen MR) is 97.9 cm³/mol. The zero-order valence-corrected chi connectivity index (χ0v) is 15.3. The van der Waals surface area contributed by atoms with Gasteiger partial charge in [0.05, 0.1) is 25.2 Å². The molecule has 1 fully saturated rings. The quantitative estimate of drug-likeness (QED) is 0.539. The fraction of sp³-hybridized carbons (Fsp3) is 0.312. The van der Waals surface area contributed by atoms with Crippen LogP contribution in [0.3, 0.4) is 0 Å². The number of methoxy groups -OCH3 is 2. The van der Waals surface area contributed by atoms with Gasteiger partial charge in [-0.1, -0.05) is 30.0 Å². The normalized spacial score (nSPS) is 15.8. The number of carboxylic acid groups (broad SMARTS) is 1. The number of benzene rings is 1. The monoisotopic (exact) mass is 383 g/mol. The van der Waals surface area contributed by atoms with E-state index in [4.69, 9.17) is 31.5 Å². The Morgan fingerprint density at radius 2 is 2.12 bits per heavy atom. The molecular weight excluding hydrogens is 366 g/mol. The highest BCUT2D eigenvalue weighted by molar-refractivity contribution is 8.26. The van der Waals surface area contributed by atoms with E-state index in [0.717, 1.165) is 0 Å². The Morgan fingerprint density at radius 1 is 1.36 bits per heavy atom. The molecule has 0 bridgehead atoms. The van der Waals surface area contributed by atoms with Gasteiger partial charge in [-0.05, 0) is 23.8 Å². The van der Waals surface area contributed by atoms with Crippen LogP contribution in [0.15, 0.2) is 23.1 Å². The molecule has 0 spiro atoms. The minimum Gasteiger partial charge on any atom is -0.493 e. The minimum absolute atomic E-state index is 0.169. The number of thiocarbonyl (C=S) groups is 1. The average molecular weight is 383 g/mol. The summed E-state index contributed by atoms with van der Waals surface area (Å²) in [5, 5.41) is 8.68. The third-order valence-electron chi connectivity index (χ3n) is 3.23. The molecule has 1 heterocycles. The topological polar surface area (TPSA) is 85.3 Å². The van der Waals surface area contributed by atoms with E-state index >= 15 is 0 Å². The number of ether oxygens (including phenoxy) is 3. The molecule has 0 radical (unpaired) electrons. The van der Waals surface area contributed by atoms with Crippen molar-refractivity contribution in [3.8, 4) is 11.5 Å². The van der Waals surface area contributed by atoms with Crippen molar-refractivity contribution >= 4 is 46.3 Å². The Kier molecular flexibility index (Phi) is 6.80. The Balaban J connectivity index is 2.19. The number of carboxylic acids is 1. The van der Waals surface area contributed by atoms with Crippen molar-refractivity contribution in [3.05, 3.63) is 28.7 Å². The van der Waals surface area contributed by atoms with Gasteiger partial charge in [-0.25, -0.2) is 4.79 Å². The molecule has 1 aliphatic rings. The van der Waals surface area contributed by atoms with Crippen LogP contribution in [0.25, 0.3) is 6.08 Å². The van der Waals surface area contributed by atoms with Crippen LogP contribution in [0, 0.1) is 0 Å². The second kappa shape index (κ2) is 8.84. The number of hydrogen-bond acceptors (Lipinski definition) is 7. The SMILES string of the molecule is COCCN1C(=O)/C(=C/c2ccc(OCC(=O)O)c(OC)c2)SC1=S. The van der Waals surface area contributed by atoms with Gasteiger partial charge < -0.3 is 19.3 Å². The van der Waals surface area contributed by atoms with Crippen molar-refractivity contribution in [1.82, 2.24) is 4.90 Å². The van der Waals surface area contributed by atoms with Crippen molar-refractivity contribution in [2.24, 2.45) is 0 Å². The van der Waals surface area contributed by atoms with E-state index in [-0.39, 0.29) is 5.91 Å². The van der Waals surface area contributed by atoms with Crippen LogP contribution in [0.1, 0.15) is 5.56 Å². The lowest BCUT2D eigenvalue weighted by atomic mass is 10.2. The zero-order chi connectivity index (χ0) is 18.4. The van der Waals surface area contributed by atoms with E-state index in [9.17, 15) is 9.59 Å². The number of aliphatic carboxylic acids is 1. The molecule has 134 valence electrons. The van der Waals surface area contributed by atoms with E-state index in [1.54, 1.807) is 31.4 Å².